The van der Waals surface area contributed by atoms with Crippen LogP contribution < -0.4 is 0 Å². The van der Waals surface area contributed by atoms with Crippen LogP contribution in [0.5, 0.6) is 0 Å². The Morgan fingerprint density at radius 1 is 1.43 bits per heavy atom. The minimum atomic E-state index is 0.956. The summed E-state index contributed by atoms with van der Waals surface area (Å²) in [7, 11) is 0. The lowest BCUT2D eigenvalue weighted by molar-refractivity contribution is 1.15. The largest absolute Gasteiger partial charge is 0.143 e. The van der Waals surface area contributed by atoms with Gasteiger partial charge < -0.3 is 0 Å². The molecule has 0 unspecified atom stereocenters. The fraction of sp³-hybridized carbons (Fsp3) is 0.273. The van der Waals surface area contributed by atoms with Crippen LogP contribution in [0.2, 0.25) is 0 Å². The van der Waals surface area contributed by atoms with Gasteiger partial charge in [-0.3, -0.25) is 0 Å². The molecule has 0 saturated carbocycles. The van der Waals surface area contributed by atoms with Gasteiger partial charge >= 0.3 is 0 Å². The van der Waals surface area contributed by atoms with Gasteiger partial charge in [-0.25, -0.2) is 0 Å². The summed E-state index contributed by atoms with van der Waals surface area (Å²) in [5.41, 5.74) is 1.48. The van der Waals surface area contributed by atoms with Crippen molar-refractivity contribution in [2.75, 3.05) is 0 Å². The number of hydrogen-bond acceptors (Lipinski definition) is 2. The molecule has 0 atom stereocenters. The first kappa shape index (κ1) is 10.5. The number of alkyl halides is 1. The van der Waals surface area contributed by atoms with E-state index in [1.165, 1.54) is 20.5 Å². The van der Waals surface area contributed by atoms with Crippen molar-refractivity contribution in [2.45, 2.75) is 23.6 Å². The summed E-state index contributed by atoms with van der Waals surface area (Å²) in [5.74, 6) is 0. The Bertz CT molecular complexity index is 460. The number of thiol groups is 1. The van der Waals surface area contributed by atoms with Crippen LogP contribution in [0.25, 0.3) is 10.1 Å². The molecule has 2 aromatic rings. The van der Waals surface area contributed by atoms with E-state index in [1.807, 2.05) is 11.3 Å². The van der Waals surface area contributed by atoms with Gasteiger partial charge in [-0.15, -0.1) is 24.0 Å². The molecule has 0 spiro atoms. The van der Waals surface area contributed by atoms with Crippen molar-refractivity contribution in [3.8, 4) is 0 Å². The summed E-state index contributed by atoms with van der Waals surface area (Å²) in [5, 5.41) is 2.35. The molecule has 0 N–H and O–H groups in total. The Kier molecular flexibility index (Phi) is 3.20. The SMILES string of the molecule is CCc1c(CBr)sc2cc(S)ccc12. The van der Waals surface area contributed by atoms with Crippen LogP contribution in [-0.2, 0) is 11.8 Å². The first-order valence-corrected chi connectivity index (χ1v) is 6.94. The van der Waals surface area contributed by atoms with Crippen LogP contribution in [0.15, 0.2) is 23.1 Å². The summed E-state index contributed by atoms with van der Waals surface area (Å²) in [6.07, 6.45) is 1.10. The average Bonchev–Trinajstić information content (AvgIpc) is 2.54. The van der Waals surface area contributed by atoms with Crippen LogP contribution in [-0.4, -0.2) is 0 Å². The molecule has 1 aromatic carbocycles. The van der Waals surface area contributed by atoms with Crippen LogP contribution in [0.1, 0.15) is 17.4 Å². The summed E-state index contributed by atoms with van der Waals surface area (Å²) in [6.45, 7) is 2.21. The van der Waals surface area contributed by atoms with Crippen molar-refractivity contribution in [3.63, 3.8) is 0 Å². The maximum Gasteiger partial charge on any atom is 0.0380 e. The van der Waals surface area contributed by atoms with E-state index in [9.17, 15) is 0 Å². The van der Waals surface area contributed by atoms with E-state index in [2.05, 4.69) is 53.7 Å². The number of rotatable bonds is 2. The van der Waals surface area contributed by atoms with Crippen LogP contribution in [0, 0.1) is 0 Å². The van der Waals surface area contributed by atoms with Gasteiger partial charge in [0.2, 0.25) is 0 Å². The lowest BCUT2D eigenvalue weighted by Gasteiger charge is -1.97. The van der Waals surface area contributed by atoms with E-state index in [0.717, 1.165) is 16.6 Å². The number of halogens is 1. The fourth-order valence-corrected chi connectivity index (χ4v) is 3.84. The number of thiophene rings is 1. The predicted octanol–water partition coefficient (Wildman–Crippen LogP) is 4.65. The highest BCUT2D eigenvalue weighted by molar-refractivity contribution is 9.08. The molecule has 0 aliphatic carbocycles. The zero-order valence-electron chi connectivity index (χ0n) is 7.88. The second kappa shape index (κ2) is 4.25. The van der Waals surface area contributed by atoms with Crippen LogP contribution in [0.3, 0.4) is 0 Å². The van der Waals surface area contributed by atoms with Crippen molar-refractivity contribution in [1.29, 1.82) is 0 Å². The molecule has 0 aliphatic rings. The monoisotopic (exact) mass is 286 g/mol. The number of aryl methyl sites for hydroxylation is 1. The molecule has 0 fully saturated rings. The first-order valence-electron chi connectivity index (χ1n) is 4.55. The van der Waals surface area contributed by atoms with Crippen molar-refractivity contribution in [1.82, 2.24) is 0 Å². The molecular weight excluding hydrogens is 276 g/mol. The van der Waals surface area contributed by atoms with E-state index < -0.39 is 0 Å². The van der Waals surface area contributed by atoms with Gasteiger partial charge in [0.1, 0.15) is 0 Å². The highest BCUT2D eigenvalue weighted by Gasteiger charge is 2.09. The van der Waals surface area contributed by atoms with Gasteiger partial charge in [0, 0.05) is 19.8 Å². The molecule has 0 nitrogen and oxygen atoms in total. The maximum atomic E-state index is 4.36. The highest BCUT2D eigenvalue weighted by atomic mass is 79.9. The third-order valence-electron chi connectivity index (χ3n) is 2.33. The molecule has 0 amide bonds. The molecule has 3 heteroatoms. The molecule has 74 valence electrons. The standard InChI is InChI=1S/C11H11BrS2/c1-2-8-9-4-3-7(13)5-10(9)14-11(8)6-12/h3-5,13H,2,6H2,1H3. The van der Waals surface area contributed by atoms with Gasteiger partial charge in [-0.2, -0.15) is 0 Å². The predicted molar refractivity (Wildman–Crippen MR) is 71.1 cm³/mol. The Morgan fingerprint density at radius 2 is 2.21 bits per heavy atom. The minimum Gasteiger partial charge on any atom is -0.143 e. The summed E-state index contributed by atoms with van der Waals surface area (Å²) >= 11 is 9.76. The van der Waals surface area contributed by atoms with E-state index in [4.69, 9.17) is 0 Å². The van der Waals surface area contributed by atoms with Crippen molar-refractivity contribution in [2.24, 2.45) is 0 Å². The molecule has 0 saturated heterocycles. The first-order chi connectivity index (χ1) is 6.76. The van der Waals surface area contributed by atoms with Crippen molar-refractivity contribution >= 4 is 50.0 Å². The fourth-order valence-electron chi connectivity index (χ4n) is 1.68. The molecule has 14 heavy (non-hydrogen) atoms. The second-order valence-corrected chi connectivity index (χ2v) is 5.39. The highest BCUT2D eigenvalue weighted by Crippen LogP contribution is 2.34. The molecule has 1 aromatic heterocycles. The summed E-state index contributed by atoms with van der Waals surface area (Å²) in [6, 6.07) is 6.39. The molecule has 0 radical (unpaired) electrons. The Labute approximate surface area is 102 Å². The van der Waals surface area contributed by atoms with Crippen LogP contribution >= 0.6 is 39.9 Å². The van der Waals surface area contributed by atoms with Crippen molar-refractivity contribution < 1.29 is 0 Å². The zero-order chi connectivity index (χ0) is 10.1. The third kappa shape index (κ3) is 1.73. The quantitative estimate of drug-likeness (QED) is 0.603. The Morgan fingerprint density at radius 3 is 2.86 bits per heavy atom. The lowest BCUT2D eigenvalue weighted by atomic mass is 10.1. The maximum absolute atomic E-state index is 4.36. The van der Waals surface area contributed by atoms with Gasteiger partial charge in [0.15, 0.2) is 0 Å². The molecule has 1 heterocycles. The Hall–Kier alpha value is 0.01000. The number of benzene rings is 1. The third-order valence-corrected chi connectivity index (χ3v) is 4.74. The lowest BCUT2D eigenvalue weighted by Crippen LogP contribution is -1.81. The van der Waals surface area contributed by atoms with Crippen LogP contribution in [0.4, 0.5) is 0 Å². The topological polar surface area (TPSA) is 0 Å². The minimum absolute atomic E-state index is 0.956. The van der Waals surface area contributed by atoms with E-state index in [-0.39, 0.29) is 0 Å². The number of fused-ring (bicyclic) bond motifs is 1. The average molecular weight is 287 g/mol. The summed E-state index contributed by atoms with van der Waals surface area (Å²) in [4.78, 5) is 2.49. The zero-order valence-corrected chi connectivity index (χ0v) is 11.2. The van der Waals surface area contributed by atoms with Gasteiger partial charge in [0.25, 0.3) is 0 Å². The number of hydrogen-bond donors (Lipinski definition) is 1. The van der Waals surface area contributed by atoms with E-state index in [0.29, 0.717) is 0 Å². The van der Waals surface area contributed by atoms with E-state index >= 15 is 0 Å². The smallest absolute Gasteiger partial charge is 0.0380 e. The summed E-state index contributed by atoms with van der Waals surface area (Å²) < 4.78 is 1.35. The molecule has 0 aliphatic heterocycles. The molecule has 0 bridgehead atoms. The van der Waals surface area contributed by atoms with Crippen molar-refractivity contribution in [3.05, 3.63) is 28.6 Å². The Balaban J connectivity index is 2.73. The molecule has 2 rings (SSSR count). The van der Waals surface area contributed by atoms with Gasteiger partial charge in [-0.05, 0) is 29.5 Å². The second-order valence-electron chi connectivity index (χ2n) is 3.17. The van der Waals surface area contributed by atoms with Gasteiger partial charge in [-0.1, -0.05) is 28.9 Å². The normalized spacial score (nSPS) is 11.1. The molecular formula is C11H11BrS2. The van der Waals surface area contributed by atoms with E-state index in [1.54, 1.807) is 0 Å². The van der Waals surface area contributed by atoms with Gasteiger partial charge in [0.05, 0.1) is 0 Å².